The maximum absolute atomic E-state index is 12.4. The number of hydrogen-bond acceptors (Lipinski definition) is 3. The van der Waals surface area contributed by atoms with Gasteiger partial charge in [-0.15, -0.1) is 0 Å². The van der Waals surface area contributed by atoms with Gasteiger partial charge in [-0.25, -0.2) is 0 Å². The lowest BCUT2D eigenvalue weighted by Gasteiger charge is -2.29. The SMILES string of the molecule is CCO[Si](C)(CCCC(C)(O)C(F)(F)F)OCC. The van der Waals surface area contributed by atoms with Crippen LogP contribution >= 0.6 is 0 Å². The first kappa shape index (κ1) is 17.9. The zero-order valence-electron chi connectivity index (χ0n) is 11.4. The average molecular weight is 288 g/mol. The highest BCUT2D eigenvalue weighted by Gasteiger charge is 2.49. The van der Waals surface area contributed by atoms with Crippen molar-refractivity contribution < 1.29 is 27.1 Å². The molecule has 110 valence electrons. The van der Waals surface area contributed by atoms with Gasteiger partial charge in [0.1, 0.15) is 0 Å². The van der Waals surface area contributed by atoms with Gasteiger partial charge >= 0.3 is 14.7 Å². The fraction of sp³-hybridized carbons (Fsp3) is 1.00. The van der Waals surface area contributed by atoms with Crippen LogP contribution in [0.15, 0.2) is 0 Å². The van der Waals surface area contributed by atoms with Crippen LogP contribution in [0, 0.1) is 0 Å². The Labute approximate surface area is 108 Å². The third-order valence-electron chi connectivity index (χ3n) is 2.80. The maximum atomic E-state index is 12.4. The van der Waals surface area contributed by atoms with Gasteiger partial charge < -0.3 is 14.0 Å². The molecule has 0 radical (unpaired) electrons. The van der Waals surface area contributed by atoms with Gasteiger partial charge in [0.15, 0.2) is 5.60 Å². The van der Waals surface area contributed by atoms with Crippen molar-refractivity contribution in [3.63, 3.8) is 0 Å². The summed E-state index contributed by atoms with van der Waals surface area (Å²) in [4.78, 5) is 0. The highest BCUT2D eigenvalue weighted by Crippen LogP contribution is 2.34. The Kier molecular flexibility index (Phi) is 6.84. The van der Waals surface area contributed by atoms with E-state index in [-0.39, 0.29) is 12.8 Å². The summed E-state index contributed by atoms with van der Waals surface area (Å²) >= 11 is 0. The van der Waals surface area contributed by atoms with Crippen molar-refractivity contribution in [2.75, 3.05) is 13.2 Å². The van der Waals surface area contributed by atoms with Crippen molar-refractivity contribution in [1.29, 1.82) is 0 Å². The van der Waals surface area contributed by atoms with Gasteiger partial charge in [-0.2, -0.15) is 13.2 Å². The summed E-state index contributed by atoms with van der Waals surface area (Å²) in [5.41, 5.74) is -2.64. The van der Waals surface area contributed by atoms with Crippen LogP contribution in [0.1, 0.15) is 33.6 Å². The molecule has 0 aromatic carbocycles. The molecule has 1 N–H and O–H groups in total. The molecule has 7 heteroatoms. The van der Waals surface area contributed by atoms with Crippen LogP contribution in [-0.4, -0.2) is 38.7 Å². The van der Waals surface area contributed by atoms with Crippen molar-refractivity contribution in [2.24, 2.45) is 0 Å². The molecule has 0 amide bonds. The minimum absolute atomic E-state index is 0.231. The lowest BCUT2D eigenvalue weighted by Crippen LogP contribution is -2.43. The number of rotatable bonds is 8. The molecule has 1 atom stereocenters. The highest BCUT2D eigenvalue weighted by molar-refractivity contribution is 6.66. The van der Waals surface area contributed by atoms with Gasteiger partial charge in [0.05, 0.1) is 0 Å². The van der Waals surface area contributed by atoms with Crippen LogP contribution in [0.3, 0.4) is 0 Å². The van der Waals surface area contributed by atoms with Gasteiger partial charge in [-0.1, -0.05) is 0 Å². The van der Waals surface area contributed by atoms with E-state index in [4.69, 9.17) is 8.85 Å². The molecule has 0 saturated heterocycles. The lowest BCUT2D eigenvalue weighted by atomic mass is 10.0. The van der Waals surface area contributed by atoms with Gasteiger partial charge in [0, 0.05) is 13.2 Å². The van der Waals surface area contributed by atoms with Crippen molar-refractivity contribution >= 4 is 8.56 Å². The van der Waals surface area contributed by atoms with E-state index in [1.54, 1.807) is 0 Å². The molecule has 3 nitrogen and oxygen atoms in total. The monoisotopic (exact) mass is 288 g/mol. The van der Waals surface area contributed by atoms with Crippen LogP contribution in [0.2, 0.25) is 12.6 Å². The highest BCUT2D eigenvalue weighted by atomic mass is 28.4. The van der Waals surface area contributed by atoms with Crippen LogP contribution in [0.4, 0.5) is 13.2 Å². The molecule has 1 unspecified atom stereocenters. The predicted octanol–water partition coefficient (Wildman–Crippen LogP) is 3.22. The normalized spacial score (nSPS) is 16.7. The summed E-state index contributed by atoms with van der Waals surface area (Å²) < 4.78 is 48.4. The molecule has 0 aliphatic rings. The molecule has 0 aliphatic heterocycles. The Balaban J connectivity index is 4.30. The lowest BCUT2D eigenvalue weighted by molar-refractivity contribution is -0.255. The van der Waals surface area contributed by atoms with Crippen molar-refractivity contribution in [3.8, 4) is 0 Å². The van der Waals surface area contributed by atoms with Gasteiger partial charge in [-0.3, -0.25) is 0 Å². The topological polar surface area (TPSA) is 38.7 Å². The Morgan fingerprint density at radius 3 is 1.89 bits per heavy atom. The van der Waals surface area contributed by atoms with Crippen molar-refractivity contribution in [2.45, 2.75) is 58.0 Å². The summed E-state index contributed by atoms with van der Waals surface area (Å²) in [6, 6.07) is 0.445. The van der Waals surface area contributed by atoms with Crippen LogP contribution in [0.5, 0.6) is 0 Å². The molecule has 0 heterocycles. The molecular weight excluding hydrogens is 265 g/mol. The second kappa shape index (κ2) is 6.88. The van der Waals surface area contributed by atoms with E-state index >= 15 is 0 Å². The number of hydrogen-bond donors (Lipinski definition) is 1. The Hall–Kier alpha value is -0.113. The molecule has 0 aliphatic carbocycles. The molecule has 0 bridgehead atoms. The van der Waals surface area contributed by atoms with Crippen LogP contribution in [0.25, 0.3) is 0 Å². The Bertz CT molecular complexity index is 238. The van der Waals surface area contributed by atoms with Crippen molar-refractivity contribution in [1.82, 2.24) is 0 Å². The van der Waals surface area contributed by atoms with E-state index in [9.17, 15) is 18.3 Å². The van der Waals surface area contributed by atoms with Gasteiger partial charge in [-0.05, 0) is 46.2 Å². The first-order valence-corrected chi connectivity index (χ1v) is 8.67. The standard InChI is InChI=1S/C11H23F3O3Si/c1-5-16-18(4,17-6-2)9-7-8-10(3,15)11(12,13)14/h15H,5-9H2,1-4H3. The maximum Gasteiger partial charge on any atom is 0.416 e. The molecule has 0 rings (SSSR count). The smallest absolute Gasteiger partial charge is 0.395 e. The number of alkyl halides is 3. The summed E-state index contributed by atoms with van der Waals surface area (Å²) in [6.07, 6.45) is -4.70. The van der Waals surface area contributed by atoms with E-state index in [1.165, 1.54) is 0 Å². The summed E-state index contributed by atoms with van der Waals surface area (Å²) in [5.74, 6) is 0. The second-order valence-electron chi connectivity index (χ2n) is 4.63. The molecule has 0 aromatic heterocycles. The largest absolute Gasteiger partial charge is 0.416 e. The zero-order valence-corrected chi connectivity index (χ0v) is 12.4. The van der Waals surface area contributed by atoms with E-state index in [0.29, 0.717) is 19.3 Å². The molecule has 0 fully saturated rings. The fourth-order valence-corrected chi connectivity index (χ4v) is 4.10. The van der Waals surface area contributed by atoms with E-state index in [2.05, 4.69) is 0 Å². The predicted molar refractivity (Wildman–Crippen MR) is 65.6 cm³/mol. The number of halogens is 3. The molecular formula is C11H23F3O3Si. The fourth-order valence-electron chi connectivity index (χ4n) is 1.69. The number of aliphatic hydroxyl groups is 1. The third-order valence-corrected chi connectivity index (χ3v) is 5.86. The summed E-state index contributed by atoms with van der Waals surface area (Å²) in [7, 11) is -2.39. The molecule has 0 aromatic rings. The minimum atomic E-state index is -4.60. The zero-order chi connectivity index (χ0) is 14.4. The van der Waals surface area contributed by atoms with Crippen LogP contribution in [-0.2, 0) is 8.85 Å². The minimum Gasteiger partial charge on any atom is -0.395 e. The third kappa shape index (κ3) is 5.68. The van der Waals surface area contributed by atoms with E-state index < -0.39 is 20.3 Å². The summed E-state index contributed by atoms with van der Waals surface area (Å²) in [5, 5.41) is 9.32. The Morgan fingerprint density at radius 2 is 1.56 bits per heavy atom. The van der Waals surface area contributed by atoms with E-state index in [0.717, 1.165) is 6.92 Å². The molecule has 0 saturated carbocycles. The second-order valence-corrected chi connectivity index (χ2v) is 7.97. The Morgan fingerprint density at radius 1 is 1.11 bits per heavy atom. The molecule has 18 heavy (non-hydrogen) atoms. The van der Waals surface area contributed by atoms with Crippen LogP contribution < -0.4 is 0 Å². The van der Waals surface area contributed by atoms with E-state index in [1.807, 2.05) is 20.4 Å². The molecule has 0 spiro atoms. The first-order chi connectivity index (χ1) is 8.08. The van der Waals surface area contributed by atoms with Crippen molar-refractivity contribution in [3.05, 3.63) is 0 Å². The average Bonchev–Trinajstić information content (AvgIpc) is 2.15. The first-order valence-electron chi connectivity index (χ1n) is 6.15. The van der Waals surface area contributed by atoms with Gasteiger partial charge in [0.25, 0.3) is 0 Å². The quantitative estimate of drug-likeness (QED) is 0.697. The summed E-state index contributed by atoms with van der Waals surface area (Å²) in [6.45, 7) is 7.26. The van der Waals surface area contributed by atoms with Gasteiger partial charge in [0.2, 0.25) is 0 Å².